The highest BCUT2D eigenvalue weighted by atomic mass is 16.5. The van der Waals surface area contributed by atoms with Gasteiger partial charge in [0.2, 0.25) is 11.8 Å². The van der Waals surface area contributed by atoms with Crippen molar-refractivity contribution in [2.45, 2.75) is 26.3 Å². The van der Waals surface area contributed by atoms with Crippen molar-refractivity contribution in [3.05, 3.63) is 12.4 Å². The van der Waals surface area contributed by atoms with Gasteiger partial charge in [0.05, 0.1) is 19.0 Å². The largest absolute Gasteiger partial charge is 0.476 e. The van der Waals surface area contributed by atoms with Crippen LogP contribution >= 0.6 is 0 Å². The Labute approximate surface area is 113 Å². The zero-order valence-corrected chi connectivity index (χ0v) is 11.6. The number of nitrogens with zero attached hydrogens (tertiary/aromatic N) is 3. The summed E-state index contributed by atoms with van der Waals surface area (Å²) >= 11 is 0. The fourth-order valence-electron chi connectivity index (χ4n) is 1.87. The van der Waals surface area contributed by atoms with E-state index in [-0.39, 0.29) is 11.9 Å². The van der Waals surface area contributed by atoms with Crippen molar-refractivity contribution in [2.24, 2.45) is 5.92 Å². The molecule has 0 bridgehead atoms. The monoisotopic (exact) mass is 264 g/mol. The van der Waals surface area contributed by atoms with E-state index >= 15 is 0 Å². The maximum atomic E-state index is 11.8. The number of ether oxygens (including phenoxy) is 1. The predicted octanol–water partition coefficient (Wildman–Crippen LogP) is 1.15. The van der Waals surface area contributed by atoms with Crippen LogP contribution < -0.4 is 10.1 Å². The number of rotatable bonds is 5. The van der Waals surface area contributed by atoms with Crippen LogP contribution in [0.4, 0.5) is 5.82 Å². The van der Waals surface area contributed by atoms with Gasteiger partial charge in [-0.05, 0) is 12.3 Å². The summed E-state index contributed by atoms with van der Waals surface area (Å²) in [4.78, 5) is 21.9. The lowest BCUT2D eigenvalue weighted by molar-refractivity contribution is -0.127. The number of nitrogens with one attached hydrogen (secondary N) is 1. The average molecular weight is 264 g/mol. The van der Waals surface area contributed by atoms with Crippen molar-refractivity contribution in [2.75, 3.05) is 25.5 Å². The van der Waals surface area contributed by atoms with Gasteiger partial charge in [-0.3, -0.25) is 9.78 Å². The molecule has 19 heavy (non-hydrogen) atoms. The first kappa shape index (κ1) is 13.6. The summed E-state index contributed by atoms with van der Waals surface area (Å²) < 4.78 is 5.51. The van der Waals surface area contributed by atoms with Gasteiger partial charge in [0.1, 0.15) is 11.9 Å². The first-order chi connectivity index (χ1) is 9.06. The number of anilines is 1. The molecule has 6 nitrogen and oxygen atoms in total. The highest BCUT2D eigenvalue weighted by Crippen LogP contribution is 2.16. The number of hydrogen-bond acceptors (Lipinski definition) is 5. The van der Waals surface area contributed by atoms with Gasteiger partial charge in [0.25, 0.3) is 0 Å². The lowest BCUT2D eigenvalue weighted by Crippen LogP contribution is -2.31. The topological polar surface area (TPSA) is 67.3 Å². The van der Waals surface area contributed by atoms with E-state index in [0.29, 0.717) is 24.2 Å². The van der Waals surface area contributed by atoms with E-state index in [0.717, 1.165) is 13.0 Å². The van der Waals surface area contributed by atoms with Crippen LogP contribution in [0.2, 0.25) is 0 Å². The molecule has 0 aromatic carbocycles. The summed E-state index contributed by atoms with van der Waals surface area (Å²) in [7, 11) is 1.80. The Kier molecular flexibility index (Phi) is 4.19. The van der Waals surface area contributed by atoms with E-state index in [1.54, 1.807) is 24.3 Å². The van der Waals surface area contributed by atoms with Crippen LogP contribution in [0.25, 0.3) is 0 Å². The molecule has 104 valence electrons. The lowest BCUT2D eigenvalue weighted by Gasteiger charge is -2.13. The number of carbonyl (C=O) groups is 1. The first-order valence-electron chi connectivity index (χ1n) is 6.52. The molecule has 0 aliphatic carbocycles. The molecule has 1 aromatic rings. The predicted molar refractivity (Wildman–Crippen MR) is 72.0 cm³/mol. The van der Waals surface area contributed by atoms with E-state index in [4.69, 9.17) is 4.74 Å². The number of aromatic nitrogens is 2. The zero-order valence-electron chi connectivity index (χ0n) is 11.6. The van der Waals surface area contributed by atoms with Gasteiger partial charge in [-0.1, -0.05) is 13.8 Å². The summed E-state index contributed by atoms with van der Waals surface area (Å²) in [5, 5.41) is 3.10. The maximum Gasteiger partial charge on any atom is 0.244 e. The number of hydrogen-bond donors (Lipinski definition) is 1. The number of carbonyl (C=O) groups excluding carboxylic acids is 1. The third-order valence-corrected chi connectivity index (χ3v) is 2.93. The standard InChI is InChI=1S/C13H20N4O2/c1-9(2)8-19-12-7-14-6-11(16-12)15-10-4-5-17(3)13(10)18/h6-7,9-10H,4-5,8H2,1-3H3,(H,15,16)/t10-/m0/s1. The first-order valence-corrected chi connectivity index (χ1v) is 6.52. The fourth-order valence-corrected chi connectivity index (χ4v) is 1.87. The van der Waals surface area contributed by atoms with Crippen molar-refractivity contribution in [1.29, 1.82) is 0 Å². The highest BCUT2D eigenvalue weighted by molar-refractivity contribution is 5.86. The van der Waals surface area contributed by atoms with Crippen molar-refractivity contribution in [3.63, 3.8) is 0 Å². The lowest BCUT2D eigenvalue weighted by atomic mass is 10.2. The van der Waals surface area contributed by atoms with Crippen LogP contribution in [0.15, 0.2) is 12.4 Å². The molecule has 1 aliphatic heterocycles. The Morgan fingerprint density at radius 1 is 1.53 bits per heavy atom. The number of amides is 1. The minimum atomic E-state index is -0.209. The quantitative estimate of drug-likeness (QED) is 0.864. The molecule has 0 unspecified atom stereocenters. The van der Waals surface area contributed by atoms with Crippen LogP contribution in [-0.2, 0) is 4.79 Å². The molecule has 1 amide bonds. The van der Waals surface area contributed by atoms with Gasteiger partial charge in [-0.2, -0.15) is 4.98 Å². The van der Waals surface area contributed by atoms with E-state index in [2.05, 4.69) is 29.1 Å². The molecule has 1 aromatic heterocycles. The summed E-state index contributed by atoms with van der Waals surface area (Å²) in [6.07, 6.45) is 3.97. The second-order valence-electron chi connectivity index (χ2n) is 5.19. The molecular formula is C13H20N4O2. The molecule has 1 aliphatic rings. The molecule has 2 heterocycles. The van der Waals surface area contributed by atoms with Gasteiger partial charge in [0, 0.05) is 13.6 Å². The van der Waals surface area contributed by atoms with Crippen molar-refractivity contribution in [3.8, 4) is 5.88 Å². The normalized spacial score (nSPS) is 19.1. The Morgan fingerprint density at radius 3 is 2.95 bits per heavy atom. The minimum Gasteiger partial charge on any atom is -0.476 e. The van der Waals surface area contributed by atoms with E-state index in [1.165, 1.54) is 0 Å². The third kappa shape index (κ3) is 3.56. The van der Waals surface area contributed by atoms with Crippen molar-refractivity contribution in [1.82, 2.24) is 14.9 Å². The van der Waals surface area contributed by atoms with E-state index < -0.39 is 0 Å². The second-order valence-corrected chi connectivity index (χ2v) is 5.19. The van der Waals surface area contributed by atoms with Gasteiger partial charge >= 0.3 is 0 Å². The Morgan fingerprint density at radius 2 is 2.32 bits per heavy atom. The number of likely N-dealkylation sites (tertiary alicyclic amines) is 1. The molecule has 0 saturated carbocycles. The van der Waals surface area contributed by atoms with Crippen LogP contribution in [0.5, 0.6) is 5.88 Å². The molecule has 1 fully saturated rings. The van der Waals surface area contributed by atoms with Crippen LogP contribution in [0.3, 0.4) is 0 Å². The second kappa shape index (κ2) is 5.86. The summed E-state index contributed by atoms with van der Waals surface area (Å²) in [6, 6.07) is -0.209. The van der Waals surface area contributed by atoms with Crippen molar-refractivity contribution >= 4 is 11.7 Å². The number of likely N-dealkylation sites (N-methyl/N-ethyl adjacent to an activating group) is 1. The van der Waals surface area contributed by atoms with Gasteiger partial charge in [-0.25, -0.2) is 0 Å². The van der Waals surface area contributed by atoms with Crippen LogP contribution in [0.1, 0.15) is 20.3 Å². The smallest absolute Gasteiger partial charge is 0.244 e. The van der Waals surface area contributed by atoms with E-state index in [1.807, 2.05) is 0 Å². The minimum absolute atomic E-state index is 0.0929. The van der Waals surface area contributed by atoms with Gasteiger partial charge < -0.3 is 15.0 Å². The fraction of sp³-hybridized carbons (Fsp3) is 0.615. The zero-order chi connectivity index (χ0) is 13.8. The summed E-state index contributed by atoms with van der Waals surface area (Å²) in [5.41, 5.74) is 0. The van der Waals surface area contributed by atoms with E-state index in [9.17, 15) is 4.79 Å². The Bertz CT molecular complexity index is 450. The molecular weight excluding hydrogens is 244 g/mol. The SMILES string of the molecule is CC(C)COc1cncc(N[C@H]2CCN(C)C2=O)n1. The maximum absolute atomic E-state index is 11.8. The molecule has 2 rings (SSSR count). The molecule has 1 N–H and O–H groups in total. The van der Waals surface area contributed by atoms with Crippen LogP contribution in [-0.4, -0.2) is 47.0 Å². The molecule has 1 saturated heterocycles. The Balaban J connectivity index is 1.97. The molecule has 0 spiro atoms. The Hall–Kier alpha value is -1.85. The van der Waals surface area contributed by atoms with Gasteiger partial charge in [-0.15, -0.1) is 0 Å². The average Bonchev–Trinajstić information content (AvgIpc) is 2.69. The molecule has 0 radical (unpaired) electrons. The van der Waals surface area contributed by atoms with Crippen molar-refractivity contribution < 1.29 is 9.53 Å². The summed E-state index contributed by atoms with van der Waals surface area (Å²) in [5.74, 6) is 1.59. The molecule has 1 atom stereocenters. The third-order valence-electron chi connectivity index (χ3n) is 2.93. The summed E-state index contributed by atoms with van der Waals surface area (Å²) in [6.45, 7) is 5.52. The molecule has 6 heteroatoms. The van der Waals surface area contributed by atoms with Crippen LogP contribution in [0, 0.1) is 5.92 Å². The van der Waals surface area contributed by atoms with Gasteiger partial charge in [0.15, 0.2) is 0 Å². The highest BCUT2D eigenvalue weighted by Gasteiger charge is 2.29.